The molecule has 14 nitrogen and oxygen atoms in total. The van der Waals surface area contributed by atoms with E-state index in [-0.39, 0.29) is 25.0 Å². The molecule has 0 aliphatic rings. The lowest BCUT2D eigenvalue weighted by atomic mass is 10.0. The molecule has 0 aliphatic carbocycles. The molecule has 3 amide bonds. The lowest BCUT2D eigenvalue weighted by Crippen LogP contribution is -2.60. The van der Waals surface area contributed by atoms with Crippen molar-refractivity contribution in [3.63, 3.8) is 0 Å². The van der Waals surface area contributed by atoms with Crippen LogP contribution in [0.4, 0.5) is 0 Å². The smallest absolute Gasteiger partial charge is 0.326 e. The number of carbonyl (C=O) groups is 5. The molecule has 14 heteroatoms. The second-order valence-electron chi connectivity index (χ2n) is 8.88. The molecule has 11 N–H and O–H groups in total. The topological polar surface area (TPSA) is 254 Å². The summed E-state index contributed by atoms with van der Waals surface area (Å²) in [6.07, 6.45) is -1.24. The number of phenolic OH excluding ortho intramolecular Hbond substituents is 1. The van der Waals surface area contributed by atoms with Gasteiger partial charge in [0.1, 0.15) is 23.9 Å². The van der Waals surface area contributed by atoms with Crippen LogP contribution in [0.5, 0.6) is 5.75 Å². The zero-order valence-corrected chi connectivity index (χ0v) is 21.1. The molecule has 1 aromatic rings. The molecule has 5 atom stereocenters. The fraction of sp³-hybridized carbons (Fsp3) is 0.542. The fourth-order valence-electron chi connectivity index (χ4n) is 3.46. The number of unbranched alkanes of at least 4 members (excludes halogenated alkanes) is 1. The fourth-order valence-corrected chi connectivity index (χ4v) is 3.46. The van der Waals surface area contributed by atoms with Gasteiger partial charge in [-0.2, -0.15) is 0 Å². The van der Waals surface area contributed by atoms with Gasteiger partial charge in [-0.1, -0.05) is 12.1 Å². The van der Waals surface area contributed by atoms with E-state index in [0.717, 1.165) is 0 Å². The Balaban J connectivity index is 2.93. The third-order valence-electron chi connectivity index (χ3n) is 5.63. The van der Waals surface area contributed by atoms with E-state index in [2.05, 4.69) is 16.0 Å². The zero-order valence-electron chi connectivity index (χ0n) is 21.1. The van der Waals surface area contributed by atoms with Crippen molar-refractivity contribution < 1.29 is 44.4 Å². The minimum absolute atomic E-state index is 0.0318. The maximum absolute atomic E-state index is 12.9. The molecule has 212 valence electrons. The van der Waals surface area contributed by atoms with Gasteiger partial charge >= 0.3 is 11.9 Å². The van der Waals surface area contributed by atoms with Gasteiger partial charge < -0.3 is 47.8 Å². The summed E-state index contributed by atoms with van der Waals surface area (Å²) < 4.78 is 0. The van der Waals surface area contributed by atoms with Crippen LogP contribution in [0.3, 0.4) is 0 Å². The van der Waals surface area contributed by atoms with Crippen molar-refractivity contribution in [2.24, 2.45) is 11.5 Å². The molecule has 0 fully saturated rings. The molecular weight excluding hydrogens is 502 g/mol. The van der Waals surface area contributed by atoms with Gasteiger partial charge in [-0.15, -0.1) is 0 Å². The Morgan fingerprint density at radius 3 is 2.00 bits per heavy atom. The summed E-state index contributed by atoms with van der Waals surface area (Å²) in [4.78, 5) is 60.9. The van der Waals surface area contributed by atoms with Gasteiger partial charge in [0.05, 0.1) is 12.1 Å². The number of aromatic hydroxyl groups is 1. The standard InChI is InChI=1S/C24H37N5O9/c1-13(30)20(29-21(34)16(26)12-14-5-7-15(31)8-6-14)23(36)27-17(9-10-19(32)33)22(35)28-18(24(37)38)4-2-3-11-25/h5-8,13,16-18,20,30-31H,2-4,9-12,25-26H2,1H3,(H,27,36)(H,28,35)(H,29,34)(H,32,33)(H,37,38). The van der Waals surface area contributed by atoms with Crippen LogP contribution in [0.15, 0.2) is 24.3 Å². The van der Waals surface area contributed by atoms with Gasteiger partial charge in [0.25, 0.3) is 0 Å². The highest BCUT2D eigenvalue weighted by Crippen LogP contribution is 2.11. The minimum atomic E-state index is -1.55. The lowest BCUT2D eigenvalue weighted by molar-refractivity contribution is -0.143. The third kappa shape index (κ3) is 11.5. The van der Waals surface area contributed by atoms with Crippen molar-refractivity contribution in [2.75, 3.05) is 6.54 Å². The second-order valence-corrected chi connectivity index (χ2v) is 8.88. The number of hydrogen-bond acceptors (Lipinski definition) is 9. The molecule has 1 aromatic carbocycles. The van der Waals surface area contributed by atoms with E-state index in [0.29, 0.717) is 24.9 Å². The Kier molecular flexibility index (Phi) is 13.7. The number of benzene rings is 1. The van der Waals surface area contributed by atoms with Crippen LogP contribution in [-0.2, 0) is 30.4 Å². The lowest BCUT2D eigenvalue weighted by Gasteiger charge is -2.26. The van der Waals surface area contributed by atoms with Crippen LogP contribution >= 0.6 is 0 Å². The maximum Gasteiger partial charge on any atom is 0.326 e. The summed E-state index contributed by atoms with van der Waals surface area (Å²) in [6, 6.07) is 0.545. The highest BCUT2D eigenvalue weighted by Gasteiger charge is 2.32. The van der Waals surface area contributed by atoms with Crippen LogP contribution in [0.2, 0.25) is 0 Å². The molecule has 38 heavy (non-hydrogen) atoms. The van der Waals surface area contributed by atoms with Crippen molar-refractivity contribution in [3.8, 4) is 5.75 Å². The third-order valence-corrected chi connectivity index (χ3v) is 5.63. The summed E-state index contributed by atoms with van der Waals surface area (Å²) >= 11 is 0. The number of carboxylic acid groups (broad SMARTS) is 2. The maximum atomic E-state index is 12.9. The number of rotatable bonds is 17. The van der Waals surface area contributed by atoms with E-state index in [4.69, 9.17) is 16.6 Å². The van der Waals surface area contributed by atoms with Crippen LogP contribution in [-0.4, -0.2) is 86.9 Å². The molecular formula is C24H37N5O9. The number of nitrogens with two attached hydrogens (primary N) is 2. The minimum Gasteiger partial charge on any atom is -0.508 e. The van der Waals surface area contributed by atoms with E-state index in [1.54, 1.807) is 12.1 Å². The highest BCUT2D eigenvalue weighted by molar-refractivity contribution is 5.94. The Morgan fingerprint density at radius 2 is 1.47 bits per heavy atom. The molecule has 0 heterocycles. The Morgan fingerprint density at radius 1 is 0.868 bits per heavy atom. The predicted octanol–water partition coefficient (Wildman–Crippen LogP) is -1.82. The van der Waals surface area contributed by atoms with E-state index >= 15 is 0 Å². The number of aliphatic hydroxyl groups is 1. The van der Waals surface area contributed by atoms with Crippen molar-refractivity contribution in [3.05, 3.63) is 29.8 Å². The Hall–Kier alpha value is -3.75. The van der Waals surface area contributed by atoms with E-state index in [1.165, 1.54) is 19.1 Å². The van der Waals surface area contributed by atoms with Gasteiger partial charge in [-0.05, 0) is 63.3 Å². The molecule has 0 aromatic heterocycles. The molecule has 5 unspecified atom stereocenters. The summed E-state index contributed by atoms with van der Waals surface area (Å²) in [5.41, 5.74) is 12.0. The van der Waals surface area contributed by atoms with Gasteiger partial charge in [0, 0.05) is 6.42 Å². The summed E-state index contributed by atoms with van der Waals surface area (Å²) in [5.74, 6) is -5.24. The largest absolute Gasteiger partial charge is 0.508 e. The number of amides is 3. The molecule has 0 saturated carbocycles. The van der Waals surface area contributed by atoms with Crippen molar-refractivity contribution in [2.45, 2.75) is 75.7 Å². The molecule has 0 spiro atoms. The molecule has 1 rings (SSSR count). The van der Waals surface area contributed by atoms with Gasteiger partial charge in [0.2, 0.25) is 17.7 Å². The molecule has 0 radical (unpaired) electrons. The highest BCUT2D eigenvalue weighted by atomic mass is 16.4. The van der Waals surface area contributed by atoms with Gasteiger partial charge in [0.15, 0.2) is 0 Å². The van der Waals surface area contributed by atoms with Crippen molar-refractivity contribution in [1.82, 2.24) is 16.0 Å². The predicted molar refractivity (Wildman–Crippen MR) is 135 cm³/mol. The van der Waals surface area contributed by atoms with Gasteiger partial charge in [-0.3, -0.25) is 19.2 Å². The average Bonchev–Trinajstić information content (AvgIpc) is 2.84. The van der Waals surface area contributed by atoms with E-state index < -0.39 is 66.4 Å². The second kappa shape index (κ2) is 16.2. The summed E-state index contributed by atoms with van der Waals surface area (Å²) in [7, 11) is 0. The first-order valence-electron chi connectivity index (χ1n) is 12.1. The van der Waals surface area contributed by atoms with Crippen molar-refractivity contribution >= 4 is 29.7 Å². The SMILES string of the molecule is CC(O)C(NC(=O)C(N)Cc1ccc(O)cc1)C(=O)NC(CCC(=O)O)C(=O)NC(CCCCN)C(=O)O. The first-order valence-corrected chi connectivity index (χ1v) is 12.1. The van der Waals surface area contributed by atoms with Crippen LogP contribution in [0, 0.1) is 0 Å². The molecule has 0 aliphatic heterocycles. The van der Waals surface area contributed by atoms with Crippen LogP contribution in [0.25, 0.3) is 0 Å². The number of phenols is 1. The van der Waals surface area contributed by atoms with Crippen LogP contribution in [0.1, 0.15) is 44.6 Å². The van der Waals surface area contributed by atoms with Crippen molar-refractivity contribution in [1.29, 1.82) is 0 Å². The quantitative estimate of drug-likeness (QED) is 0.0995. The Bertz CT molecular complexity index is 955. The van der Waals surface area contributed by atoms with E-state index in [1.807, 2.05) is 0 Å². The number of aliphatic hydroxyl groups excluding tert-OH is 1. The first-order chi connectivity index (χ1) is 17.8. The zero-order chi connectivity index (χ0) is 28.8. The number of carbonyl (C=O) groups excluding carboxylic acids is 3. The number of hydrogen-bond donors (Lipinski definition) is 9. The van der Waals surface area contributed by atoms with Gasteiger partial charge in [-0.25, -0.2) is 4.79 Å². The average molecular weight is 540 g/mol. The number of aliphatic carboxylic acids is 2. The monoisotopic (exact) mass is 539 g/mol. The number of carboxylic acids is 2. The van der Waals surface area contributed by atoms with Crippen LogP contribution < -0.4 is 27.4 Å². The molecule has 0 bridgehead atoms. The first kappa shape index (κ1) is 32.3. The number of nitrogens with one attached hydrogen (secondary N) is 3. The molecule has 0 saturated heterocycles. The summed E-state index contributed by atoms with van der Waals surface area (Å²) in [5, 5.41) is 44.8. The normalized spacial score (nSPS) is 14.8. The summed E-state index contributed by atoms with van der Waals surface area (Å²) in [6.45, 7) is 1.56. The van der Waals surface area contributed by atoms with E-state index in [9.17, 15) is 39.3 Å². The Labute approximate surface area is 219 Å².